The van der Waals surface area contributed by atoms with E-state index in [4.69, 9.17) is 0 Å². The highest BCUT2D eigenvalue weighted by Crippen LogP contribution is 2.07. The van der Waals surface area contributed by atoms with Crippen molar-refractivity contribution in [3.8, 4) is 0 Å². The van der Waals surface area contributed by atoms with Crippen LogP contribution in [0.5, 0.6) is 0 Å². The van der Waals surface area contributed by atoms with Crippen molar-refractivity contribution in [2.45, 2.75) is 26.8 Å². The van der Waals surface area contributed by atoms with Crippen LogP contribution in [-0.2, 0) is 20.9 Å². The number of nitrogens with one attached hydrogen (secondary N) is 1. The molecule has 1 rings (SSSR count). The van der Waals surface area contributed by atoms with Crippen LogP contribution < -0.4 is 5.32 Å². The predicted octanol–water partition coefficient (Wildman–Crippen LogP) is 1.02. The Hall–Kier alpha value is -1.43. The highest BCUT2D eigenvalue weighted by atomic mass is 32.1. The quantitative estimate of drug-likeness (QED) is 0.618. The maximum atomic E-state index is 11.3. The highest BCUT2D eigenvalue weighted by Gasteiger charge is 2.10. The maximum absolute atomic E-state index is 11.3. The number of hydrogen-bond acceptors (Lipinski definition) is 5. The summed E-state index contributed by atoms with van der Waals surface area (Å²) in [5.74, 6) is -0.846. The molecule has 88 valence electrons. The molecule has 0 spiro atoms. The minimum atomic E-state index is -0.504. The Kier molecular flexibility index (Phi) is 4.91. The Bertz CT molecular complexity index is 376. The minimum Gasteiger partial charge on any atom is -0.466 e. The van der Waals surface area contributed by atoms with Crippen molar-refractivity contribution >= 4 is 23.2 Å². The molecule has 1 aromatic rings. The first-order chi connectivity index (χ1) is 7.61. The number of aryl methyl sites for hydroxylation is 1. The first kappa shape index (κ1) is 12.6. The minimum absolute atomic E-state index is 0.238. The largest absolute Gasteiger partial charge is 0.466 e. The molecule has 5 nitrogen and oxygen atoms in total. The van der Waals surface area contributed by atoms with Crippen LogP contribution in [0.4, 0.5) is 0 Å². The SMILES string of the molecule is CCOC(=O)CC(=O)NCc1nc(C)cs1. The standard InChI is InChI=1S/C10H14N2O3S/c1-3-15-10(14)4-8(13)11-5-9-12-7(2)6-16-9/h6H,3-5H2,1-2H3,(H,11,13). The molecule has 16 heavy (non-hydrogen) atoms. The van der Waals surface area contributed by atoms with Crippen molar-refractivity contribution in [1.82, 2.24) is 10.3 Å². The van der Waals surface area contributed by atoms with Crippen molar-refractivity contribution in [2.24, 2.45) is 0 Å². The summed E-state index contributed by atoms with van der Waals surface area (Å²) in [7, 11) is 0. The Labute approximate surface area is 97.8 Å². The van der Waals surface area contributed by atoms with Crippen molar-refractivity contribution in [1.29, 1.82) is 0 Å². The van der Waals surface area contributed by atoms with E-state index in [-0.39, 0.29) is 18.9 Å². The number of carbonyl (C=O) groups is 2. The zero-order valence-electron chi connectivity index (χ0n) is 9.28. The summed E-state index contributed by atoms with van der Waals surface area (Å²) in [5.41, 5.74) is 0.930. The molecule has 0 unspecified atom stereocenters. The second kappa shape index (κ2) is 6.22. The van der Waals surface area contributed by atoms with Crippen LogP contribution in [0.3, 0.4) is 0 Å². The van der Waals surface area contributed by atoms with E-state index in [2.05, 4.69) is 15.0 Å². The molecular formula is C10H14N2O3S. The molecule has 0 aliphatic carbocycles. The molecule has 0 bridgehead atoms. The van der Waals surface area contributed by atoms with E-state index in [1.165, 1.54) is 11.3 Å². The Morgan fingerprint density at radius 1 is 1.56 bits per heavy atom. The van der Waals surface area contributed by atoms with Crippen LogP contribution in [0.1, 0.15) is 24.0 Å². The summed E-state index contributed by atoms with van der Waals surface area (Å²) in [6, 6.07) is 0. The second-order valence-electron chi connectivity index (χ2n) is 3.14. The first-order valence-corrected chi connectivity index (χ1v) is 5.83. The van der Waals surface area contributed by atoms with Crippen LogP contribution >= 0.6 is 11.3 Å². The van der Waals surface area contributed by atoms with Gasteiger partial charge < -0.3 is 10.1 Å². The van der Waals surface area contributed by atoms with Crippen molar-refractivity contribution in [3.63, 3.8) is 0 Å². The van der Waals surface area contributed by atoms with Gasteiger partial charge in [-0.3, -0.25) is 9.59 Å². The van der Waals surface area contributed by atoms with Gasteiger partial charge in [-0.1, -0.05) is 0 Å². The smallest absolute Gasteiger partial charge is 0.315 e. The van der Waals surface area contributed by atoms with Crippen molar-refractivity contribution in [2.75, 3.05) is 6.61 Å². The Morgan fingerprint density at radius 2 is 2.31 bits per heavy atom. The molecule has 0 saturated heterocycles. The number of nitrogens with zero attached hydrogens (tertiary/aromatic N) is 1. The summed E-state index contributed by atoms with van der Waals surface area (Å²) in [6.07, 6.45) is -0.238. The summed E-state index contributed by atoms with van der Waals surface area (Å²) >= 11 is 1.48. The molecule has 6 heteroatoms. The number of aromatic nitrogens is 1. The molecular weight excluding hydrogens is 228 g/mol. The van der Waals surface area contributed by atoms with E-state index in [1.807, 2.05) is 12.3 Å². The normalized spacial score (nSPS) is 9.88. The van der Waals surface area contributed by atoms with Crippen LogP contribution in [0.15, 0.2) is 5.38 Å². The summed E-state index contributed by atoms with van der Waals surface area (Å²) in [4.78, 5) is 26.4. The van der Waals surface area contributed by atoms with Gasteiger partial charge in [-0.25, -0.2) is 4.98 Å². The van der Waals surface area contributed by atoms with Crippen LogP contribution in [0.2, 0.25) is 0 Å². The van der Waals surface area contributed by atoms with E-state index in [0.29, 0.717) is 6.54 Å². The molecule has 1 heterocycles. The lowest BCUT2D eigenvalue weighted by molar-refractivity contribution is -0.146. The van der Waals surface area contributed by atoms with Gasteiger partial charge in [-0.2, -0.15) is 0 Å². The molecule has 0 aliphatic heterocycles. The Balaban J connectivity index is 2.27. The highest BCUT2D eigenvalue weighted by molar-refractivity contribution is 7.09. The first-order valence-electron chi connectivity index (χ1n) is 4.95. The van der Waals surface area contributed by atoms with Crippen molar-refractivity contribution < 1.29 is 14.3 Å². The third kappa shape index (κ3) is 4.39. The summed E-state index contributed by atoms with van der Waals surface area (Å²) < 4.78 is 4.66. The van der Waals surface area contributed by atoms with Crippen LogP contribution in [-0.4, -0.2) is 23.5 Å². The number of carbonyl (C=O) groups excluding carboxylic acids is 2. The lowest BCUT2D eigenvalue weighted by Crippen LogP contribution is -2.26. The van der Waals surface area contributed by atoms with Gasteiger partial charge in [0.15, 0.2) is 0 Å². The molecule has 0 radical (unpaired) electrons. The zero-order chi connectivity index (χ0) is 12.0. The molecule has 0 saturated carbocycles. The van der Waals surface area contributed by atoms with E-state index >= 15 is 0 Å². The molecule has 1 aromatic heterocycles. The lowest BCUT2D eigenvalue weighted by Gasteiger charge is -2.02. The van der Waals surface area contributed by atoms with E-state index < -0.39 is 5.97 Å². The van der Waals surface area contributed by atoms with Crippen LogP contribution in [0, 0.1) is 6.92 Å². The van der Waals surface area contributed by atoms with Crippen molar-refractivity contribution in [3.05, 3.63) is 16.1 Å². The van der Waals surface area contributed by atoms with Crippen LogP contribution in [0.25, 0.3) is 0 Å². The van der Waals surface area contributed by atoms with E-state index in [9.17, 15) is 9.59 Å². The molecule has 0 aromatic carbocycles. The van der Waals surface area contributed by atoms with Gasteiger partial charge in [0.05, 0.1) is 13.2 Å². The number of amides is 1. The molecule has 0 fully saturated rings. The molecule has 0 atom stereocenters. The van der Waals surface area contributed by atoms with Gasteiger partial charge in [0.1, 0.15) is 11.4 Å². The molecule has 1 N–H and O–H groups in total. The fourth-order valence-electron chi connectivity index (χ4n) is 1.06. The van der Waals surface area contributed by atoms with Gasteiger partial charge in [0.25, 0.3) is 0 Å². The summed E-state index contributed by atoms with van der Waals surface area (Å²) in [5, 5.41) is 5.35. The maximum Gasteiger partial charge on any atom is 0.315 e. The molecule has 0 aliphatic rings. The van der Waals surface area contributed by atoms with Gasteiger partial charge in [0.2, 0.25) is 5.91 Å². The number of esters is 1. The average Bonchev–Trinajstić information content (AvgIpc) is 2.61. The van der Waals surface area contributed by atoms with Gasteiger partial charge in [0, 0.05) is 11.1 Å². The molecule has 1 amide bonds. The van der Waals surface area contributed by atoms with Gasteiger partial charge >= 0.3 is 5.97 Å². The predicted molar refractivity (Wildman–Crippen MR) is 59.9 cm³/mol. The zero-order valence-corrected chi connectivity index (χ0v) is 10.1. The van der Waals surface area contributed by atoms with E-state index in [0.717, 1.165) is 10.7 Å². The fraction of sp³-hybridized carbons (Fsp3) is 0.500. The Morgan fingerprint density at radius 3 is 2.88 bits per heavy atom. The second-order valence-corrected chi connectivity index (χ2v) is 4.08. The monoisotopic (exact) mass is 242 g/mol. The number of hydrogen-bond donors (Lipinski definition) is 1. The third-order valence-corrected chi connectivity index (χ3v) is 2.68. The average molecular weight is 242 g/mol. The number of ether oxygens (including phenoxy) is 1. The third-order valence-electron chi connectivity index (χ3n) is 1.71. The van der Waals surface area contributed by atoms with E-state index in [1.54, 1.807) is 6.92 Å². The van der Waals surface area contributed by atoms with Gasteiger partial charge in [-0.05, 0) is 13.8 Å². The fourth-order valence-corrected chi connectivity index (χ4v) is 1.78. The topological polar surface area (TPSA) is 68.3 Å². The lowest BCUT2D eigenvalue weighted by atomic mass is 10.4. The number of rotatable bonds is 5. The summed E-state index contributed by atoms with van der Waals surface area (Å²) in [6.45, 7) is 4.24. The number of thiazole rings is 1. The van der Waals surface area contributed by atoms with Gasteiger partial charge in [-0.15, -0.1) is 11.3 Å².